The van der Waals surface area contributed by atoms with Gasteiger partial charge in [0.25, 0.3) is 0 Å². The molecular weight excluding hydrogens is 232 g/mol. The van der Waals surface area contributed by atoms with Crippen molar-refractivity contribution in [2.45, 2.75) is 59.8 Å². The Morgan fingerprint density at radius 2 is 1.67 bits per heavy atom. The molecule has 0 N–H and O–H groups in total. The normalized spacial score (nSPS) is 13.0. The van der Waals surface area contributed by atoms with E-state index in [0.29, 0.717) is 13.0 Å². The van der Waals surface area contributed by atoms with Crippen LogP contribution in [-0.4, -0.2) is 31.6 Å². The Labute approximate surface area is 111 Å². The first-order chi connectivity index (χ1) is 8.13. The minimum atomic E-state index is -0.235. The number of rotatable bonds is 6. The molecule has 1 heterocycles. The fourth-order valence-electron chi connectivity index (χ4n) is 1.38. The highest BCUT2D eigenvalue weighted by molar-refractivity contribution is 5.75. The van der Waals surface area contributed by atoms with Crippen molar-refractivity contribution in [2.75, 3.05) is 19.8 Å². The van der Waals surface area contributed by atoms with E-state index in [9.17, 15) is 9.59 Å². The molecule has 1 aliphatic rings. The van der Waals surface area contributed by atoms with Gasteiger partial charge in [0.05, 0.1) is 6.61 Å². The topological polar surface area (TPSA) is 52.6 Å². The van der Waals surface area contributed by atoms with Gasteiger partial charge < -0.3 is 14.3 Å². The minimum Gasteiger partial charge on any atom is -0.466 e. The van der Waals surface area contributed by atoms with Crippen LogP contribution >= 0.6 is 0 Å². The van der Waals surface area contributed by atoms with Crippen LogP contribution in [0, 0.1) is 0 Å². The van der Waals surface area contributed by atoms with Crippen LogP contribution in [0.5, 0.6) is 0 Å². The molecule has 0 saturated carbocycles. The summed E-state index contributed by atoms with van der Waals surface area (Å²) < 4.78 is 9.67. The number of Topliss-reactive ketones (excluding diaryl/α,β-unsaturated/α-hetero) is 1. The van der Waals surface area contributed by atoms with Crippen LogP contribution in [0.25, 0.3) is 0 Å². The predicted octanol–water partition coefficient (Wildman–Crippen LogP) is 3.13. The van der Waals surface area contributed by atoms with Crippen molar-refractivity contribution in [3.05, 3.63) is 0 Å². The molecule has 0 aromatic carbocycles. The van der Waals surface area contributed by atoms with Gasteiger partial charge in [-0.2, -0.15) is 0 Å². The number of hydrogen-bond acceptors (Lipinski definition) is 4. The monoisotopic (exact) mass is 260 g/mol. The van der Waals surface area contributed by atoms with E-state index < -0.39 is 0 Å². The minimum absolute atomic E-state index is 0. The summed E-state index contributed by atoms with van der Waals surface area (Å²) in [5, 5.41) is 0. The van der Waals surface area contributed by atoms with Gasteiger partial charge in [-0.25, -0.2) is 0 Å². The summed E-state index contributed by atoms with van der Waals surface area (Å²) in [7, 11) is 0. The molecule has 0 amide bonds. The molecule has 0 radical (unpaired) electrons. The molecule has 4 nitrogen and oxygen atoms in total. The van der Waals surface area contributed by atoms with E-state index in [1.165, 1.54) is 19.8 Å². The molecule has 0 bridgehead atoms. The smallest absolute Gasteiger partial charge is 0.302 e. The lowest BCUT2D eigenvalue weighted by Crippen LogP contribution is -2.00. The van der Waals surface area contributed by atoms with E-state index in [1.54, 1.807) is 6.92 Å². The molecule has 0 aromatic heterocycles. The maximum absolute atomic E-state index is 10.5. The fourth-order valence-corrected chi connectivity index (χ4v) is 1.38. The molecule has 1 fully saturated rings. The Hall–Kier alpha value is -0.900. The van der Waals surface area contributed by atoms with E-state index in [-0.39, 0.29) is 19.2 Å². The number of hydrogen-bond donors (Lipinski definition) is 0. The molecule has 0 spiro atoms. The van der Waals surface area contributed by atoms with E-state index in [1.807, 2.05) is 0 Å². The van der Waals surface area contributed by atoms with Crippen molar-refractivity contribution in [3.63, 3.8) is 0 Å². The van der Waals surface area contributed by atoms with Gasteiger partial charge in [0, 0.05) is 26.6 Å². The van der Waals surface area contributed by atoms with Crippen molar-refractivity contribution in [1.29, 1.82) is 0 Å². The second kappa shape index (κ2) is 14.2. The number of ketones is 1. The molecule has 0 aromatic rings. The first-order valence-corrected chi connectivity index (χ1v) is 6.33. The highest BCUT2D eigenvalue weighted by atomic mass is 16.5. The van der Waals surface area contributed by atoms with Gasteiger partial charge in [0.1, 0.15) is 5.78 Å². The van der Waals surface area contributed by atoms with Gasteiger partial charge in [-0.3, -0.25) is 4.79 Å². The molecule has 4 heteroatoms. The van der Waals surface area contributed by atoms with Crippen LogP contribution in [0.2, 0.25) is 0 Å². The Kier molecular flexibility index (Phi) is 15.3. The van der Waals surface area contributed by atoms with Gasteiger partial charge in [0.2, 0.25) is 0 Å². The largest absolute Gasteiger partial charge is 0.466 e. The molecule has 1 rings (SSSR count). The zero-order chi connectivity index (χ0) is 12.9. The number of carbonyl (C=O) groups excluding carboxylic acids is 2. The summed E-state index contributed by atoms with van der Waals surface area (Å²) in [5.41, 5.74) is 0. The molecule has 0 atom stereocenters. The molecule has 108 valence electrons. The summed E-state index contributed by atoms with van der Waals surface area (Å²) in [5.74, 6) is -0.0101. The third-order valence-electron chi connectivity index (χ3n) is 2.31. The second-order valence-electron chi connectivity index (χ2n) is 4.17. The van der Waals surface area contributed by atoms with Gasteiger partial charge in [-0.15, -0.1) is 0 Å². The Morgan fingerprint density at radius 1 is 1.06 bits per heavy atom. The molecule has 0 aliphatic carbocycles. The van der Waals surface area contributed by atoms with E-state index in [2.05, 4.69) is 0 Å². The quantitative estimate of drug-likeness (QED) is 0.544. The lowest BCUT2D eigenvalue weighted by molar-refractivity contribution is -0.141. The molecule has 0 unspecified atom stereocenters. The van der Waals surface area contributed by atoms with Crippen molar-refractivity contribution in [2.24, 2.45) is 0 Å². The Balaban J connectivity index is 0. The summed E-state index contributed by atoms with van der Waals surface area (Å²) in [4.78, 5) is 20.8. The average molecular weight is 260 g/mol. The van der Waals surface area contributed by atoms with Gasteiger partial charge in [-0.1, -0.05) is 7.43 Å². The molecule has 1 saturated heterocycles. The Bertz CT molecular complexity index is 184. The van der Waals surface area contributed by atoms with Crippen LogP contribution < -0.4 is 0 Å². The number of esters is 1. The third kappa shape index (κ3) is 17.5. The molecular formula is C14H28O4. The van der Waals surface area contributed by atoms with Crippen molar-refractivity contribution >= 4 is 11.8 Å². The maximum Gasteiger partial charge on any atom is 0.302 e. The van der Waals surface area contributed by atoms with Crippen molar-refractivity contribution in [1.82, 2.24) is 0 Å². The van der Waals surface area contributed by atoms with E-state index in [0.717, 1.165) is 32.5 Å². The SMILES string of the molecule is C.C1CCOC1.CC(=O)CCCCCOC(C)=O. The van der Waals surface area contributed by atoms with Gasteiger partial charge in [-0.05, 0) is 39.0 Å². The lowest BCUT2D eigenvalue weighted by atomic mass is 10.1. The second-order valence-corrected chi connectivity index (χ2v) is 4.17. The molecule has 1 aliphatic heterocycles. The number of unbranched alkanes of at least 4 members (excludes halogenated alkanes) is 2. The molecule has 18 heavy (non-hydrogen) atoms. The zero-order valence-electron chi connectivity index (χ0n) is 11.0. The van der Waals surface area contributed by atoms with Crippen molar-refractivity contribution < 1.29 is 19.1 Å². The number of ether oxygens (including phenoxy) is 2. The summed E-state index contributed by atoms with van der Waals surface area (Å²) in [6, 6.07) is 0. The maximum atomic E-state index is 10.5. The lowest BCUT2D eigenvalue weighted by Gasteiger charge is -2.00. The van der Waals surface area contributed by atoms with Crippen LogP contribution in [0.4, 0.5) is 0 Å². The highest BCUT2D eigenvalue weighted by Gasteiger charge is 1.95. The Morgan fingerprint density at radius 3 is 2.06 bits per heavy atom. The fraction of sp³-hybridized carbons (Fsp3) is 0.857. The van der Waals surface area contributed by atoms with Gasteiger partial charge in [0.15, 0.2) is 0 Å². The van der Waals surface area contributed by atoms with Crippen molar-refractivity contribution in [3.8, 4) is 0 Å². The highest BCUT2D eigenvalue weighted by Crippen LogP contribution is 2.00. The van der Waals surface area contributed by atoms with Crippen LogP contribution in [-0.2, 0) is 19.1 Å². The third-order valence-corrected chi connectivity index (χ3v) is 2.31. The van der Waals surface area contributed by atoms with Crippen LogP contribution in [0.3, 0.4) is 0 Å². The average Bonchev–Trinajstić information content (AvgIpc) is 2.80. The van der Waals surface area contributed by atoms with Crippen LogP contribution in [0.15, 0.2) is 0 Å². The predicted molar refractivity (Wildman–Crippen MR) is 72.6 cm³/mol. The number of carbonyl (C=O) groups is 2. The summed E-state index contributed by atoms with van der Waals surface area (Å²) >= 11 is 0. The zero-order valence-corrected chi connectivity index (χ0v) is 11.0. The standard InChI is InChI=1S/C9H16O3.C4H8O.CH4/c1-8(10)6-4-3-5-7-12-9(2)11;1-2-4-5-3-1;/h3-7H2,1-2H3;1-4H2;1H4. The first kappa shape index (κ1) is 19.4. The van der Waals surface area contributed by atoms with E-state index in [4.69, 9.17) is 9.47 Å². The summed E-state index contributed by atoms with van der Waals surface area (Å²) in [6.07, 6.45) is 5.90. The van der Waals surface area contributed by atoms with Crippen LogP contribution in [0.1, 0.15) is 59.8 Å². The summed E-state index contributed by atoms with van der Waals surface area (Å²) in [6.45, 7) is 5.47. The van der Waals surface area contributed by atoms with Gasteiger partial charge >= 0.3 is 5.97 Å². The van der Waals surface area contributed by atoms with E-state index >= 15 is 0 Å². The first-order valence-electron chi connectivity index (χ1n) is 6.33.